The van der Waals surface area contributed by atoms with Crippen molar-refractivity contribution in [3.8, 4) is 17.2 Å². The highest BCUT2D eigenvalue weighted by Gasteiger charge is 2.07. The SMILES string of the molecule is CCCCC(CC)COc1cc(O)cc(O)c1. The monoisotopic (exact) mass is 238 g/mol. The Bertz CT molecular complexity index is 316. The minimum Gasteiger partial charge on any atom is -0.508 e. The number of ether oxygens (including phenoxy) is 1. The molecule has 3 nitrogen and oxygen atoms in total. The van der Waals surface area contributed by atoms with E-state index in [1.54, 1.807) is 0 Å². The molecule has 17 heavy (non-hydrogen) atoms. The third-order valence-electron chi connectivity index (χ3n) is 2.91. The molecule has 96 valence electrons. The first kappa shape index (κ1) is 13.7. The van der Waals surface area contributed by atoms with Gasteiger partial charge in [0.25, 0.3) is 0 Å². The van der Waals surface area contributed by atoms with Gasteiger partial charge in [0.15, 0.2) is 0 Å². The van der Waals surface area contributed by atoms with E-state index in [-0.39, 0.29) is 11.5 Å². The minimum atomic E-state index is 0.0293. The molecule has 0 saturated carbocycles. The molecule has 0 bridgehead atoms. The fourth-order valence-corrected chi connectivity index (χ4v) is 1.76. The summed E-state index contributed by atoms with van der Waals surface area (Å²) in [6, 6.07) is 4.33. The van der Waals surface area contributed by atoms with Crippen molar-refractivity contribution in [2.24, 2.45) is 5.92 Å². The molecule has 1 atom stereocenters. The Balaban J connectivity index is 2.47. The highest BCUT2D eigenvalue weighted by molar-refractivity contribution is 5.40. The lowest BCUT2D eigenvalue weighted by Crippen LogP contribution is -2.11. The molecule has 0 amide bonds. The normalized spacial score (nSPS) is 12.4. The Morgan fingerprint density at radius 2 is 1.76 bits per heavy atom. The maximum absolute atomic E-state index is 9.32. The van der Waals surface area contributed by atoms with Crippen LogP contribution >= 0.6 is 0 Å². The first-order valence-electron chi connectivity index (χ1n) is 6.31. The van der Waals surface area contributed by atoms with E-state index in [1.807, 2.05) is 0 Å². The second-order valence-corrected chi connectivity index (χ2v) is 4.41. The first-order chi connectivity index (χ1) is 8.15. The number of rotatable bonds is 7. The summed E-state index contributed by atoms with van der Waals surface area (Å²) in [5, 5.41) is 18.6. The molecule has 0 aromatic heterocycles. The van der Waals surface area contributed by atoms with Crippen molar-refractivity contribution in [3.63, 3.8) is 0 Å². The number of phenols is 2. The Kier molecular flexibility index (Phi) is 5.67. The molecule has 0 aliphatic rings. The number of hydrogen-bond acceptors (Lipinski definition) is 3. The fourth-order valence-electron chi connectivity index (χ4n) is 1.76. The first-order valence-corrected chi connectivity index (χ1v) is 6.31. The van der Waals surface area contributed by atoms with Crippen LogP contribution in [0.15, 0.2) is 18.2 Å². The molecule has 0 heterocycles. The number of hydrogen-bond donors (Lipinski definition) is 2. The highest BCUT2D eigenvalue weighted by atomic mass is 16.5. The van der Waals surface area contributed by atoms with E-state index in [2.05, 4.69) is 13.8 Å². The second kappa shape index (κ2) is 7.05. The van der Waals surface area contributed by atoms with Crippen molar-refractivity contribution in [1.82, 2.24) is 0 Å². The number of phenolic OH excluding ortho intramolecular Hbond substituents is 2. The molecule has 0 fully saturated rings. The third kappa shape index (κ3) is 4.98. The van der Waals surface area contributed by atoms with Gasteiger partial charge in [-0.1, -0.05) is 33.1 Å². The molecule has 1 rings (SSSR count). The molecule has 1 aromatic carbocycles. The lowest BCUT2D eigenvalue weighted by atomic mass is 10.0. The summed E-state index contributed by atoms with van der Waals surface area (Å²) in [4.78, 5) is 0. The molecule has 2 N–H and O–H groups in total. The average molecular weight is 238 g/mol. The molecule has 3 heteroatoms. The van der Waals surface area contributed by atoms with Gasteiger partial charge in [0, 0.05) is 18.2 Å². The van der Waals surface area contributed by atoms with Crippen LogP contribution in [0.25, 0.3) is 0 Å². The number of benzene rings is 1. The van der Waals surface area contributed by atoms with Crippen molar-refractivity contribution in [2.75, 3.05) is 6.61 Å². The van der Waals surface area contributed by atoms with Crippen molar-refractivity contribution >= 4 is 0 Å². The molecule has 0 aliphatic carbocycles. The van der Waals surface area contributed by atoms with Crippen molar-refractivity contribution in [1.29, 1.82) is 0 Å². The van der Waals surface area contributed by atoms with E-state index >= 15 is 0 Å². The van der Waals surface area contributed by atoms with Gasteiger partial charge in [-0.05, 0) is 12.3 Å². The molecular formula is C14H22O3. The Labute approximate surface area is 103 Å². The van der Waals surface area contributed by atoms with E-state index in [0.717, 1.165) is 12.8 Å². The lowest BCUT2D eigenvalue weighted by molar-refractivity contribution is 0.232. The average Bonchev–Trinajstić information content (AvgIpc) is 2.28. The van der Waals surface area contributed by atoms with Crippen LogP contribution in [0.5, 0.6) is 17.2 Å². The van der Waals surface area contributed by atoms with Gasteiger partial charge in [0.1, 0.15) is 17.2 Å². The van der Waals surface area contributed by atoms with Gasteiger partial charge >= 0.3 is 0 Å². The Morgan fingerprint density at radius 1 is 1.12 bits per heavy atom. The van der Waals surface area contributed by atoms with Crippen LogP contribution in [0.3, 0.4) is 0 Å². The summed E-state index contributed by atoms with van der Waals surface area (Å²) in [6.45, 7) is 4.98. The van der Waals surface area contributed by atoms with Gasteiger partial charge < -0.3 is 14.9 Å². The zero-order valence-corrected chi connectivity index (χ0v) is 10.6. The quantitative estimate of drug-likeness (QED) is 0.761. The van der Waals surface area contributed by atoms with Crippen LogP contribution in [-0.4, -0.2) is 16.8 Å². The minimum absolute atomic E-state index is 0.0293. The van der Waals surface area contributed by atoms with Crippen molar-refractivity contribution < 1.29 is 14.9 Å². The molecule has 0 radical (unpaired) electrons. The summed E-state index contributed by atoms with van der Waals surface area (Å²) in [5.74, 6) is 1.13. The smallest absolute Gasteiger partial charge is 0.126 e. The number of aromatic hydroxyl groups is 2. The van der Waals surface area contributed by atoms with Crippen molar-refractivity contribution in [3.05, 3.63) is 18.2 Å². The van der Waals surface area contributed by atoms with Gasteiger partial charge in [-0.3, -0.25) is 0 Å². The van der Waals surface area contributed by atoms with Crippen LogP contribution in [-0.2, 0) is 0 Å². The molecular weight excluding hydrogens is 216 g/mol. The predicted octanol–water partition coefficient (Wildman–Crippen LogP) is 3.69. The van der Waals surface area contributed by atoms with Crippen LogP contribution < -0.4 is 4.74 Å². The third-order valence-corrected chi connectivity index (χ3v) is 2.91. The van der Waals surface area contributed by atoms with E-state index in [0.29, 0.717) is 18.3 Å². The van der Waals surface area contributed by atoms with E-state index in [4.69, 9.17) is 4.74 Å². The zero-order valence-electron chi connectivity index (χ0n) is 10.6. The predicted molar refractivity (Wildman–Crippen MR) is 68.6 cm³/mol. The van der Waals surface area contributed by atoms with E-state index in [9.17, 15) is 10.2 Å². The molecule has 0 spiro atoms. The largest absolute Gasteiger partial charge is 0.508 e. The van der Waals surface area contributed by atoms with Gasteiger partial charge in [-0.25, -0.2) is 0 Å². The summed E-state index contributed by atoms with van der Waals surface area (Å²) < 4.78 is 5.60. The molecule has 1 unspecified atom stereocenters. The summed E-state index contributed by atoms with van der Waals surface area (Å²) in [6.07, 6.45) is 4.67. The highest BCUT2D eigenvalue weighted by Crippen LogP contribution is 2.26. The maximum atomic E-state index is 9.32. The van der Waals surface area contributed by atoms with Gasteiger partial charge in [-0.15, -0.1) is 0 Å². The topological polar surface area (TPSA) is 49.7 Å². The number of unbranched alkanes of at least 4 members (excludes halogenated alkanes) is 1. The maximum Gasteiger partial charge on any atom is 0.126 e. The van der Waals surface area contributed by atoms with E-state index in [1.165, 1.54) is 31.0 Å². The van der Waals surface area contributed by atoms with Crippen LogP contribution in [0, 0.1) is 5.92 Å². The van der Waals surface area contributed by atoms with Gasteiger partial charge in [-0.2, -0.15) is 0 Å². The standard InChI is InChI=1S/C14H22O3/c1-3-5-6-11(4-2)10-17-14-8-12(15)7-13(16)9-14/h7-9,11,15-16H,3-6,10H2,1-2H3. The second-order valence-electron chi connectivity index (χ2n) is 4.41. The Hall–Kier alpha value is -1.38. The van der Waals surface area contributed by atoms with E-state index < -0.39 is 0 Å². The Morgan fingerprint density at radius 3 is 2.29 bits per heavy atom. The molecule has 0 aliphatic heterocycles. The summed E-state index contributed by atoms with van der Waals surface area (Å²) in [5.41, 5.74) is 0. The zero-order chi connectivity index (χ0) is 12.7. The molecule has 0 saturated heterocycles. The van der Waals surface area contributed by atoms with Gasteiger partial charge in [0.2, 0.25) is 0 Å². The summed E-state index contributed by atoms with van der Waals surface area (Å²) in [7, 11) is 0. The summed E-state index contributed by atoms with van der Waals surface area (Å²) >= 11 is 0. The van der Waals surface area contributed by atoms with Crippen LogP contribution in [0.1, 0.15) is 39.5 Å². The van der Waals surface area contributed by atoms with Gasteiger partial charge in [0.05, 0.1) is 6.61 Å². The molecule has 1 aromatic rings. The fraction of sp³-hybridized carbons (Fsp3) is 0.571. The lowest BCUT2D eigenvalue weighted by Gasteiger charge is -2.15. The van der Waals surface area contributed by atoms with Crippen LogP contribution in [0.2, 0.25) is 0 Å². The van der Waals surface area contributed by atoms with Crippen molar-refractivity contribution in [2.45, 2.75) is 39.5 Å². The van der Waals surface area contributed by atoms with Crippen LogP contribution in [0.4, 0.5) is 0 Å².